The minimum atomic E-state index is 0.234. The lowest BCUT2D eigenvalue weighted by Crippen LogP contribution is -2.06. The minimum absolute atomic E-state index is 0.234. The maximum atomic E-state index is 4.23. The van der Waals surface area contributed by atoms with E-state index in [1.54, 1.807) is 28.9 Å². The summed E-state index contributed by atoms with van der Waals surface area (Å²) in [4.78, 5) is 8.38. The lowest BCUT2D eigenvalue weighted by molar-refractivity contribution is 0.848. The van der Waals surface area contributed by atoms with E-state index >= 15 is 0 Å². The van der Waals surface area contributed by atoms with Crippen molar-refractivity contribution >= 4 is 27.8 Å². The van der Waals surface area contributed by atoms with Crippen molar-refractivity contribution in [3.8, 4) is 0 Å². The number of aromatic nitrogens is 2. The summed E-state index contributed by atoms with van der Waals surface area (Å²) in [5, 5.41) is 8.22. The summed E-state index contributed by atoms with van der Waals surface area (Å²) >= 11 is 3.21. The van der Waals surface area contributed by atoms with Crippen LogP contribution in [0.2, 0.25) is 0 Å². The fourth-order valence-electron chi connectivity index (χ4n) is 0.990. The normalized spacial score (nSPS) is 12.7. The van der Waals surface area contributed by atoms with E-state index in [4.69, 9.17) is 0 Å². The molecular formula is C8H9N3S2. The Bertz CT molecular complexity index is 341. The fourth-order valence-corrected chi connectivity index (χ4v) is 2.25. The second kappa shape index (κ2) is 3.85. The summed E-state index contributed by atoms with van der Waals surface area (Å²) in [6.45, 7) is 2.08. The predicted molar refractivity (Wildman–Crippen MR) is 56.3 cm³/mol. The van der Waals surface area contributed by atoms with Crippen molar-refractivity contribution in [2.45, 2.75) is 13.0 Å². The van der Waals surface area contributed by atoms with Crippen LogP contribution in [0.5, 0.6) is 0 Å². The summed E-state index contributed by atoms with van der Waals surface area (Å²) in [5.41, 5.74) is 2.91. The van der Waals surface area contributed by atoms with Crippen LogP contribution in [0.3, 0.4) is 0 Å². The first-order chi connectivity index (χ1) is 6.36. The highest BCUT2D eigenvalue weighted by atomic mass is 32.1. The van der Waals surface area contributed by atoms with Crippen LogP contribution in [0, 0.1) is 0 Å². The molecule has 0 fully saturated rings. The van der Waals surface area contributed by atoms with Crippen molar-refractivity contribution in [3.05, 3.63) is 28.2 Å². The first-order valence-corrected chi connectivity index (χ1v) is 5.72. The van der Waals surface area contributed by atoms with Gasteiger partial charge in [0.25, 0.3) is 0 Å². The molecule has 0 aliphatic heterocycles. The number of nitrogens with zero attached hydrogens (tertiary/aromatic N) is 2. The van der Waals surface area contributed by atoms with Gasteiger partial charge < -0.3 is 5.32 Å². The molecule has 0 aliphatic carbocycles. The molecule has 2 rings (SSSR count). The molecule has 0 aliphatic rings. The Morgan fingerprint density at radius 2 is 2.38 bits per heavy atom. The molecule has 0 amide bonds. The monoisotopic (exact) mass is 211 g/mol. The second-order valence-electron chi connectivity index (χ2n) is 2.62. The summed E-state index contributed by atoms with van der Waals surface area (Å²) in [5.74, 6) is 0. The van der Waals surface area contributed by atoms with Crippen LogP contribution in [0.1, 0.15) is 18.7 Å². The standard InChI is InChI=1S/C8H9N3S2/c1-6(7-4-12-5-10-7)11-8-9-2-3-13-8/h2-6H,1H3,(H,9,11). The molecule has 0 saturated carbocycles. The Labute approximate surface area is 84.5 Å². The van der Waals surface area contributed by atoms with Gasteiger partial charge in [-0.3, -0.25) is 0 Å². The third-order valence-corrected chi connectivity index (χ3v) is 2.98. The number of anilines is 1. The highest BCUT2D eigenvalue weighted by Crippen LogP contribution is 2.20. The Morgan fingerprint density at radius 3 is 3.00 bits per heavy atom. The van der Waals surface area contributed by atoms with E-state index in [2.05, 4.69) is 22.2 Å². The Morgan fingerprint density at radius 1 is 1.46 bits per heavy atom. The molecule has 13 heavy (non-hydrogen) atoms. The summed E-state index contributed by atoms with van der Waals surface area (Å²) in [6.07, 6.45) is 1.79. The van der Waals surface area contributed by atoms with Crippen molar-refractivity contribution in [1.82, 2.24) is 9.97 Å². The Hall–Kier alpha value is -0.940. The number of thiazole rings is 2. The van der Waals surface area contributed by atoms with E-state index in [9.17, 15) is 0 Å². The highest BCUT2D eigenvalue weighted by molar-refractivity contribution is 7.13. The molecule has 1 atom stereocenters. The van der Waals surface area contributed by atoms with E-state index in [1.165, 1.54) is 0 Å². The van der Waals surface area contributed by atoms with Gasteiger partial charge >= 0.3 is 0 Å². The fraction of sp³-hybridized carbons (Fsp3) is 0.250. The van der Waals surface area contributed by atoms with Gasteiger partial charge in [0.05, 0.1) is 17.2 Å². The number of hydrogen-bond acceptors (Lipinski definition) is 5. The van der Waals surface area contributed by atoms with Gasteiger partial charge in [-0.2, -0.15) is 0 Å². The molecule has 0 radical (unpaired) electrons. The summed E-state index contributed by atoms with van der Waals surface area (Å²) < 4.78 is 0. The Balaban J connectivity index is 2.04. The third kappa shape index (κ3) is 2.05. The molecule has 1 unspecified atom stereocenters. The Kier molecular flexibility index (Phi) is 2.56. The van der Waals surface area contributed by atoms with Crippen molar-refractivity contribution in [1.29, 1.82) is 0 Å². The molecule has 5 heteroatoms. The third-order valence-electron chi connectivity index (χ3n) is 1.67. The summed E-state index contributed by atoms with van der Waals surface area (Å²) in [7, 11) is 0. The largest absolute Gasteiger partial charge is 0.353 e. The van der Waals surface area contributed by atoms with Gasteiger partial charge in [0, 0.05) is 17.0 Å². The molecule has 2 aromatic heterocycles. The number of nitrogens with one attached hydrogen (secondary N) is 1. The molecule has 0 saturated heterocycles. The minimum Gasteiger partial charge on any atom is -0.353 e. The maximum Gasteiger partial charge on any atom is 0.183 e. The molecule has 0 spiro atoms. The predicted octanol–water partition coefficient (Wildman–Crippen LogP) is 2.77. The van der Waals surface area contributed by atoms with Crippen LogP contribution < -0.4 is 5.32 Å². The van der Waals surface area contributed by atoms with E-state index in [0.29, 0.717) is 0 Å². The average molecular weight is 211 g/mol. The SMILES string of the molecule is CC(Nc1nccs1)c1cscn1. The summed E-state index contributed by atoms with van der Waals surface area (Å²) in [6, 6.07) is 0.234. The van der Waals surface area contributed by atoms with Crippen molar-refractivity contribution in [3.63, 3.8) is 0 Å². The van der Waals surface area contributed by atoms with E-state index < -0.39 is 0 Å². The van der Waals surface area contributed by atoms with E-state index in [1.807, 2.05) is 16.3 Å². The van der Waals surface area contributed by atoms with Gasteiger partial charge in [-0.25, -0.2) is 9.97 Å². The average Bonchev–Trinajstić information content (AvgIpc) is 2.74. The smallest absolute Gasteiger partial charge is 0.183 e. The molecule has 2 heterocycles. The van der Waals surface area contributed by atoms with Gasteiger partial charge in [0.2, 0.25) is 0 Å². The molecule has 68 valence electrons. The van der Waals surface area contributed by atoms with E-state index in [-0.39, 0.29) is 6.04 Å². The molecule has 0 aromatic carbocycles. The van der Waals surface area contributed by atoms with Crippen LogP contribution >= 0.6 is 22.7 Å². The zero-order valence-electron chi connectivity index (χ0n) is 7.10. The molecule has 3 nitrogen and oxygen atoms in total. The van der Waals surface area contributed by atoms with Crippen molar-refractivity contribution < 1.29 is 0 Å². The highest BCUT2D eigenvalue weighted by Gasteiger charge is 2.07. The number of rotatable bonds is 3. The lowest BCUT2D eigenvalue weighted by atomic mass is 10.3. The van der Waals surface area contributed by atoms with Crippen LogP contribution in [0.25, 0.3) is 0 Å². The lowest BCUT2D eigenvalue weighted by Gasteiger charge is -2.09. The zero-order valence-corrected chi connectivity index (χ0v) is 8.73. The first-order valence-electron chi connectivity index (χ1n) is 3.90. The van der Waals surface area contributed by atoms with Gasteiger partial charge in [0.15, 0.2) is 5.13 Å². The van der Waals surface area contributed by atoms with Crippen LogP contribution in [0.4, 0.5) is 5.13 Å². The van der Waals surface area contributed by atoms with Gasteiger partial charge in [-0.1, -0.05) is 0 Å². The van der Waals surface area contributed by atoms with Gasteiger partial charge in [0.1, 0.15) is 0 Å². The van der Waals surface area contributed by atoms with Crippen LogP contribution in [0.15, 0.2) is 22.5 Å². The zero-order chi connectivity index (χ0) is 9.10. The van der Waals surface area contributed by atoms with E-state index in [0.717, 1.165) is 10.8 Å². The first kappa shape index (κ1) is 8.65. The van der Waals surface area contributed by atoms with Crippen LogP contribution in [-0.4, -0.2) is 9.97 Å². The maximum absolute atomic E-state index is 4.23. The van der Waals surface area contributed by atoms with Crippen molar-refractivity contribution in [2.75, 3.05) is 5.32 Å². The molecule has 2 aromatic rings. The second-order valence-corrected chi connectivity index (χ2v) is 4.23. The van der Waals surface area contributed by atoms with Crippen LogP contribution in [-0.2, 0) is 0 Å². The van der Waals surface area contributed by atoms with Gasteiger partial charge in [-0.05, 0) is 6.92 Å². The quantitative estimate of drug-likeness (QED) is 0.848. The number of hydrogen-bond donors (Lipinski definition) is 1. The van der Waals surface area contributed by atoms with Crippen molar-refractivity contribution in [2.24, 2.45) is 0 Å². The topological polar surface area (TPSA) is 37.8 Å². The molecule has 1 N–H and O–H groups in total. The molecular weight excluding hydrogens is 202 g/mol. The van der Waals surface area contributed by atoms with Gasteiger partial charge in [-0.15, -0.1) is 22.7 Å². The molecule has 0 bridgehead atoms.